The minimum atomic E-state index is -0.819. The minimum absolute atomic E-state index is 0.0401. The van der Waals surface area contributed by atoms with Crippen LogP contribution in [0.4, 0.5) is 0 Å². The summed E-state index contributed by atoms with van der Waals surface area (Å²) in [6.07, 6.45) is -0.0401. The number of hydrogen-bond acceptors (Lipinski definition) is 4. The van der Waals surface area contributed by atoms with Gasteiger partial charge in [-0.05, 0) is 19.4 Å². The molecule has 92 valence electrons. The third kappa shape index (κ3) is 3.39. The average molecular weight is 236 g/mol. The van der Waals surface area contributed by atoms with Crippen LogP contribution in [0.2, 0.25) is 0 Å². The van der Waals surface area contributed by atoms with Crippen molar-refractivity contribution in [3.05, 3.63) is 35.4 Å². The van der Waals surface area contributed by atoms with Gasteiger partial charge in [0.2, 0.25) is 0 Å². The first-order chi connectivity index (χ1) is 8.10. The van der Waals surface area contributed by atoms with E-state index in [1.165, 1.54) is 0 Å². The first-order valence-corrected chi connectivity index (χ1v) is 5.44. The molecule has 0 aliphatic carbocycles. The summed E-state index contributed by atoms with van der Waals surface area (Å²) in [5, 5.41) is 0. The van der Waals surface area contributed by atoms with E-state index < -0.39 is 11.8 Å². The Labute approximate surface area is 101 Å². The fourth-order valence-electron chi connectivity index (χ4n) is 1.36. The van der Waals surface area contributed by atoms with Crippen molar-refractivity contribution in [2.75, 3.05) is 13.7 Å². The van der Waals surface area contributed by atoms with Crippen LogP contribution in [0.3, 0.4) is 0 Å². The molecule has 0 heterocycles. The van der Waals surface area contributed by atoms with Crippen molar-refractivity contribution in [2.24, 2.45) is 0 Å². The van der Waals surface area contributed by atoms with Gasteiger partial charge in [-0.1, -0.05) is 24.3 Å². The van der Waals surface area contributed by atoms with E-state index in [1.807, 2.05) is 6.92 Å². The molecule has 1 atom stereocenters. The van der Waals surface area contributed by atoms with Crippen LogP contribution < -0.4 is 0 Å². The highest BCUT2D eigenvalue weighted by atomic mass is 16.5. The van der Waals surface area contributed by atoms with E-state index in [-0.39, 0.29) is 12.7 Å². The first-order valence-electron chi connectivity index (χ1n) is 5.44. The Balaban J connectivity index is 2.80. The van der Waals surface area contributed by atoms with Gasteiger partial charge in [-0.3, -0.25) is 4.79 Å². The zero-order valence-corrected chi connectivity index (χ0v) is 10.2. The molecule has 17 heavy (non-hydrogen) atoms. The van der Waals surface area contributed by atoms with Crippen LogP contribution in [0.15, 0.2) is 24.3 Å². The number of methoxy groups -OCH3 is 1. The standard InChI is InChI=1S/C13H16O4/c1-4-17-13(15)12(14)11-7-5-10(6-8-11)9(2)16-3/h5-9H,4H2,1-3H3. The van der Waals surface area contributed by atoms with E-state index >= 15 is 0 Å². The molecule has 0 radical (unpaired) electrons. The van der Waals surface area contributed by atoms with Crippen LogP contribution >= 0.6 is 0 Å². The van der Waals surface area contributed by atoms with Crippen molar-refractivity contribution in [3.8, 4) is 0 Å². The molecule has 1 aromatic rings. The molecule has 0 saturated heterocycles. The van der Waals surface area contributed by atoms with Crippen LogP contribution in [0.1, 0.15) is 35.9 Å². The zero-order chi connectivity index (χ0) is 12.8. The van der Waals surface area contributed by atoms with Gasteiger partial charge in [0.1, 0.15) is 0 Å². The summed E-state index contributed by atoms with van der Waals surface area (Å²) >= 11 is 0. The number of rotatable bonds is 5. The summed E-state index contributed by atoms with van der Waals surface area (Å²) in [4.78, 5) is 22.8. The number of carbonyl (C=O) groups is 2. The summed E-state index contributed by atoms with van der Waals surface area (Å²) in [5.41, 5.74) is 1.28. The van der Waals surface area contributed by atoms with Crippen molar-refractivity contribution in [1.82, 2.24) is 0 Å². The van der Waals surface area contributed by atoms with Gasteiger partial charge < -0.3 is 9.47 Å². The summed E-state index contributed by atoms with van der Waals surface area (Å²) in [6, 6.07) is 6.73. The van der Waals surface area contributed by atoms with Crippen molar-refractivity contribution >= 4 is 11.8 Å². The summed E-state index contributed by atoms with van der Waals surface area (Å²) in [6.45, 7) is 3.76. The SMILES string of the molecule is CCOC(=O)C(=O)c1ccc(C(C)OC)cc1. The van der Waals surface area contributed by atoms with Crippen molar-refractivity contribution in [3.63, 3.8) is 0 Å². The highest BCUT2D eigenvalue weighted by Gasteiger charge is 2.17. The number of ketones is 1. The van der Waals surface area contributed by atoms with E-state index in [2.05, 4.69) is 4.74 Å². The van der Waals surface area contributed by atoms with Crippen LogP contribution in [0.5, 0.6) is 0 Å². The van der Waals surface area contributed by atoms with Crippen LogP contribution in [-0.2, 0) is 14.3 Å². The number of ether oxygens (including phenoxy) is 2. The van der Waals surface area contributed by atoms with Gasteiger partial charge in [0.25, 0.3) is 5.78 Å². The Kier molecular flexibility index (Phi) is 4.84. The summed E-state index contributed by atoms with van der Waals surface area (Å²) < 4.78 is 9.79. The normalized spacial score (nSPS) is 11.9. The maximum atomic E-state index is 11.6. The molecule has 1 unspecified atom stereocenters. The van der Waals surface area contributed by atoms with Gasteiger partial charge in [-0.25, -0.2) is 4.79 Å². The number of benzene rings is 1. The maximum absolute atomic E-state index is 11.6. The molecule has 1 aromatic carbocycles. The van der Waals surface area contributed by atoms with Crippen molar-refractivity contribution in [1.29, 1.82) is 0 Å². The predicted molar refractivity (Wildman–Crippen MR) is 62.8 cm³/mol. The van der Waals surface area contributed by atoms with Gasteiger partial charge in [0.15, 0.2) is 0 Å². The molecule has 0 aliphatic rings. The molecule has 1 rings (SSSR count). The van der Waals surface area contributed by atoms with Crippen molar-refractivity contribution in [2.45, 2.75) is 20.0 Å². The highest BCUT2D eigenvalue weighted by molar-refractivity contribution is 6.40. The number of Topliss-reactive ketones (excluding diaryl/α,β-unsaturated/α-hetero) is 1. The Morgan fingerprint density at radius 1 is 1.24 bits per heavy atom. The van der Waals surface area contributed by atoms with E-state index in [1.54, 1.807) is 38.3 Å². The Bertz CT molecular complexity index is 394. The molecule has 0 aromatic heterocycles. The van der Waals surface area contributed by atoms with Gasteiger partial charge in [-0.15, -0.1) is 0 Å². The van der Waals surface area contributed by atoms with E-state index in [0.29, 0.717) is 5.56 Å². The first kappa shape index (κ1) is 13.4. The van der Waals surface area contributed by atoms with E-state index in [4.69, 9.17) is 4.74 Å². The molecule has 0 spiro atoms. The summed E-state index contributed by atoms with van der Waals surface area (Å²) in [5.74, 6) is -1.44. The molecule has 4 nitrogen and oxygen atoms in total. The quantitative estimate of drug-likeness (QED) is 0.446. The molecular weight excluding hydrogens is 220 g/mol. The lowest BCUT2D eigenvalue weighted by Gasteiger charge is -2.09. The maximum Gasteiger partial charge on any atom is 0.379 e. The molecule has 0 fully saturated rings. The van der Waals surface area contributed by atoms with Gasteiger partial charge in [-0.2, -0.15) is 0 Å². The van der Waals surface area contributed by atoms with Gasteiger partial charge in [0.05, 0.1) is 12.7 Å². The van der Waals surface area contributed by atoms with Crippen LogP contribution in [0, 0.1) is 0 Å². The monoisotopic (exact) mass is 236 g/mol. The largest absolute Gasteiger partial charge is 0.460 e. The third-order valence-corrected chi connectivity index (χ3v) is 2.46. The lowest BCUT2D eigenvalue weighted by atomic mass is 10.1. The van der Waals surface area contributed by atoms with E-state index in [9.17, 15) is 9.59 Å². The number of carbonyl (C=O) groups excluding carboxylic acids is 2. The molecular formula is C13H16O4. The predicted octanol–water partition coefficient (Wildman–Crippen LogP) is 2.14. The average Bonchev–Trinajstić information content (AvgIpc) is 2.37. The Morgan fingerprint density at radius 3 is 2.29 bits per heavy atom. The highest BCUT2D eigenvalue weighted by Crippen LogP contribution is 2.16. The Hall–Kier alpha value is -1.68. The van der Waals surface area contributed by atoms with Crippen LogP contribution in [-0.4, -0.2) is 25.5 Å². The molecule has 0 aliphatic heterocycles. The number of hydrogen-bond donors (Lipinski definition) is 0. The fraction of sp³-hybridized carbons (Fsp3) is 0.385. The minimum Gasteiger partial charge on any atom is -0.460 e. The van der Waals surface area contributed by atoms with Crippen molar-refractivity contribution < 1.29 is 19.1 Å². The third-order valence-electron chi connectivity index (χ3n) is 2.46. The molecule has 0 N–H and O–H groups in total. The zero-order valence-electron chi connectivity index (χ0n) is 10.2. The molecule has 0 amide bonds. The lowest BCUT2D eigenvalue weighted by Crippen LogP contribution is -2.17. The van der Waals surface area contributed by atoms with E-state index in [0.717, 1.165) is 5.56 Å². The second kappa shape index (κ2) is 6.15. The van der Waals surface area contributed by atoms with Gasteiger partial charge >= 0.3 is 5.97 Å². The van der Waals surface area contributed by atoms with Gasteiger partial charge in [0, 0.05) is 12.7 Å². The molecule has 0 bridgehead atoms. The lowest BCUT2D eigenvalue weighted by molar-refractivity contribution is -0.137. The molecule has 0 saturated carbocycles. The second-order valence-corrected chi connectivity index (χ2v) is 3.55. The fourth-order valence-corrected chi connectivity index (χ4v) is 1.36. The Morgan fingerprint density at radius 2 is 1.82 bits per heavy atom. The molecule has 4 heteroatoms. The number of esters is 1. The smallest absolute Gasteiger partial charge is 0.379 e. The second-order valence-electron chi connectivity index (χ2n) is 3.55. The topological polar surface area (TPSA) is 52.6 Å². The summed E-state index contributed by atoms with van der Waals surface area (Å²) in [7, 11) is 1.61. The van der Waals surface area contributed by atoms with Crippen LogP contribution in [0.25, 0.3) is 0 Å².